The monoisotopic (exact) mass is 429 g/mol. The fourth-order valence-electron chi connectivity index (χ4n) is 5.47. The highest BCUT2D eigenvalue weighted by atomic mass is 16.5. The van der Waals surface area contributed by atoms with E-state index in [0.717, 1.165) is 37.2 Å². The number of likely N-dealkylation sites (tertiary alicyclic amines) is 1. The van der Waals surface area contributed by atoms with E-state index in [1.165, 1.54) is 58.0 Å². The average Bonchev–Trinajstić information content (AvgIpc) is 3.38. The molecular weight excluding hydrogens is 390 g/mol. The van der Waals surface area contributed by atoms with E-state index in [0.29, 0.717) is 43.3 Å². The largest absolute Gasteiger partial charge is 0.463 e. The molecule has 3 heterocycles. The van der Waals surface area contributed by atoms with Gasteiger partial charge in [-0.15, -0.1) is 0 Å². The van der Waals surface area contributed by atoms with Gasteiger partial charge in [-0.05, 0) is 57.4 Å². The number of carbonyl (C=O) groups is 1. The highest BCUT2D eigenvalue weighted by Gasteiger charge is 2.33. The molecule has 2 fully saturated rings. The van der Waals surface area contributed by atoms with Crippen LogP contribution in [0.3, 0.4) is 0 Å². The summed E-state index contributed by atoms with van der Waals surface area (Å²) in [5, 5.41) is 0. The third kappa shape index (κ3) is 5.48. The van der Waals surface area contributed by atoms with Crippen LogP contribution in [0.5, 0.6) is 6.01 Å². The van der Waals surface area contributed by atoms with Gasteiger partial charge in [-0.2, -0.15) is 9.97 Å². The molecule has 2 N–H and O–H groups in total. The average molecular weight is 430 g/mol. The van der Waals surface area contributed by atoms with Crippen LogP contribution in [0, 0.1) is 5.92 Å². The number of nitrogens with zero attached hydrogens (tertiary/aromatic N) is 4. The molecule has 0 spiro atoms. The molecule has 7 nitrogen and oxygen atoms in total. The molecule has 31 heavy (non-hydrogen) atoms. The van der Waals surface area contributed by atoms with Crippen molar-refractivity contribution < 1.29 is 9.53 Å². The fourth-order valence-corrected chi connectivity index (χ4v) is 5.47. The van der Waals surface area contributed by atoms with Crippen LogP contribution in [0.15, 0.2) is 0 Å². The molecule has 1 aliphatic carbocycles. The molecule has 7 heteroatoms. The first-order valence-corrected chi connectivity index (χ1v) is 12.5. The predicted molar refractivity (Wildman–Crippen MR) is 123 cm³/mol. The Labute approximate surface area is 186 Å². The van der Waals surface area contributed by atoms with E-state index in [-0.39, 0.29) is 5.91 Å². The van der Waals surface area contributed by atoms with Crippen molar-refractivity contribution in [2.75, 3.05) is 36.9 Å². The molecule has 0 aromatic carbocycles. The van der Waals surface area contributed by atoms with Gasteiger partial charge in [-0.1, -0.05) is 32.6 Å². The second-order valence-electron chi connectivity index (χ2n) is 9.56. The zero-order valence-corrected chi connectivity index (χ0v) is 19.2. The lowest BCUT2D eigenvalue weighted by atomic mass is 9.95. The number of anilines is 2. The molecule has 1 saturated carbocycles. The second kappa shape index (κ2) is 10.6. The minimum absolute atomic E-state index is 0.0770. The Morgan fingerprint density at radius 3 is 2.71 bits per heavy atom. The van der Waals surface area contributed by atoms with E-state index < -0.39 is 0 Å². The molecule has 4 rings (SSSR count). The first-order valence-electron chi connectivity index (χ1n) is 12.5. The van der Waals surface area contributed by atoms with Crippen molar-refractivity contribution in [3.05, 3.63) is 5.56 Å². The highest BCUT2D eigenvalue weighted by molar-refractivity contribution is 6.01. The maximum Gasteiger partial charge on any atom is 0.320 e. The molecule has 3 aliphatic rings. The van der Waals surface area contributed by atoms with Crippen molar-refractivity contribution in [2.45, 2.75) is 90.0 Å². The molecule has 1 aromatic heterocycles. The maximum absolute atomic E-state index is 12.7. The van der Waals surface area contributed by atoms with Crippen LogP contribution in [0.2, 0.25) is 0 Å². The van der Waals surface area contributed by atoms with Gasteiger partial charge < -0.3 is 15.4 Å². The molecule has 1 amide bonds. The van der Waals surface area contributed by atoms with E-state index >= 15 is 0 Å². The minimum Gasteiger partial charge on any atom is -0.463 e. The van der Waals surface area contributed by atoms with Crippen LogP contribution >= 0.6 is 0 Å². The summed E-state index contributed by atoms with van der Waals surface area (Å²) in [6.45, 7) is 5.90. The van der Waals surface area contributed by atoms with Crippen molar-refractivity contribution in [3.8, 4) is 6.01 Å². The Balaban J connectivity index is 1.34. The predicted octanol–water partition coefficient (Wildman–Crippen LogP) is 3.95. The zero-order chi connectivity index (χ0) is 21.6. The number of nitrogens with two attached hydrogens (primary N) is 1. The molecule has 1 unspecified atom stereocenters. The van der Waals surface area contributed by atoms with Gasteiger partial charge in [0.1, 0.15) is 11.6 Å². The standard InChI is InChI=1S/C24H39N5O2/c1-2-3-15-31-24-26-22(25)20-16-21(30)29(23(20)27-24)14-8-12-19-11-6-7-13-28(19)17-18-9-4-5-10-18/h18-19H,2-17H2,1H3,(H2,25,26,27). The van der Waals surface area contributed by atoms with Crippen molar-refractivity contribution in [2.24, 2.45) is 5.92 Å². The fraction of sp³-hybridized carbons (Fsp3) is 0.792. The summed E-state index contributed by atoms with van der Waals surface area (Å²) >= 11 is 0. The van der Waals surface area contributed by atoms with E-state index in [9.17, 15) is 4.79 Å². The van der Waals surface area contributed by atoms with Gasteiger partial charge in [0.2, 0.25) is 5.91 Å². The van der Waals surface area contributed by atoms with Crippen LogP contribution in [0.4, 0.5) is 11.6 Å². The van der Waals surface area contributed by atoms with Crippen LogP contribution in [0.25, 0.3) is 0 Å². The number of rotatable bonds is 10. The molecular formula is C24H39N5O2. The second-order valence-corrected chi connectivity index (χ2v) is 9.56. The van der Waals surface area contributed by atoms with Crippen molar-refractivity contribution in [1.29, 1.82) is 0 Å². The smallest absolute Gasteiger partial charge is 0.320 e. The maximum atomic E-state index is 12.7. The number of hydrogen-bond acceptors (Lipinski definition) is 6. The summed E-state index contributed by atoms with van der Waals surface area (Å²) in [6.07, 6.45) is 14.0. The van der Waals surface area contributed by atoms with Gasteiger partial charge in [-0.3, -0.25) is 9.69 Å². The Kier molecular flexibility index (Phi) is 7.64. The van der Waals surface area contributed by atoms with Gasteiger partial charge in [-0.25, -0.2) is 0 Å². The third-order valence-corrected chi connectivity index (χ3v) is 7.25. The topological polar surface area (TPSA) is 84.6 Å². The van der Waals surface area contributed by atoms with E-state index in [1.807, 2.05) is 4.90 Å². The number of carbonyl (C=O) groups excluding carboxylic acids is 1. The summed E-state index contributed by atoms with van der Waals surface area (Å²) in [5.74, 6) is 2.02. The lowest BCUT2D eigenvalue weighted by Gasteiger charge is -2.37. The first kappa shape index (κ1) is 22.3. The number of amides is 1. The SMILES string of the molecule is CCCCOc1nc(N)c2c(n1)N(CCCC1CCCCN1CC1CCCC1)C(=O)C2. The number of aromatic nitrogens is 2. The van der Waals surface area contributed by atoms with E-state index in [4.69, 9.17) is 10.5 Å². The number of fused-ring (bicyclic) bond motifs is 1. The summed E-state index contributed by atoms with van der Waals surface area (Å²) in [7, 11) is 0. The lowest BCUT2D eigenvalue weighted by molar-refractivity contribution is -0.117. The van der Waals surface area contributed by atoms with Crippen LogP contribution in [-0.4, -0.2) is 53.1 Å². The Hall–Kier alpha value is -1.89. The lowest BCUT2D eigenvalue weighted by Crippen LogP contribution is -2.42. The van der Waals surface area contributed by atoms with Gasteiger partial charge in [0.05, 0.1) is 13.0 Å². The first-order chi connectivity index (χ1) is 15.2. The van der Waals surface area contributed by atoms with E-state index in [1.54, 1.807) is 0 Å². The molecule has 0 bridgehead atoms. The highest BCUT2D eigenvalue weighted by Crippen LogP contribution is 2.33. The molecule has 1 aromatic rings. The van der Waals surface area contributed by atoms with Gasteiger partial charge in [0, 0.05) is 24.7 Å². The summed E-state index contributed by atoms with van der Waals surface area (Å²) in [4.78, 5) is 26.0. The van der Waals surface area contributed by atoms with Gasteiger partial charge in [0.15, 0.2) is 0 Å². The molecule has 1 saturated heterocycles. The zero-order valence-electron chi connectivity index (χ0n) is 19.2. The number of unbranched alkanes of at least 4 members (excludes halogenated alkanes) is 1. The van der Waals surface area contributed by atoms with Crippen molar-refractivity contribution >= 4 is 17.5 Å². The van der Waals surface area contributed by atoms with Crippen molar-refractivity contribution in [3.63, 3.8) is 0 Å². The summed E-state index contributed by atoms with van der Waals surface area (Å²) < 4.78 is 5.67. The van der Waals surface area contributed by atoms with Gasteiger partial charge in [0.25, 0.3) is 0 Å². The quantitative estimate of drug-likeness (QED) is 0.567. The van der Waals surface area contributed by atoms with Crippen molar-refractivity contribution in [1.82, 2.24) is 14.9 Å². The number of hydrogen-bond donors (Lipinski definition) is 1. The molecule has 172 valence electrons. The summed E-state index contributed by atoms with van der Waals surface area (Å²) in [6, 6.07) is 0.953. The van der Waals surface area contributed by atoms with Gasteiger partial charge >= 0.3 is 6.01 Å². The number of piperidine rings is 1. The molecule has 1 atom stereocenters. The Bertz CT molecular complexity index is 750. The Morgan fingerprint density at radius 2 is 1.90 bits per heavy atom. The third-order valence-electron chi connectivity index (χ3n) is 7.25. The van der Waals surface area contributed by atoms with Crippen LogP contribution in [0.1, 0.15) is 83.1 Å². The number of ether oxygens (including phenoxy) is 1. The number of nitrogen functional groups attached to an aromatic ring is 1. The molecule has 2 aliphatic heterocycles. The van der Waals surface area contributed by atoms with Crippen LogP contribution < -0.4 is 15.4 Å². The van der Waals surface area contributed by atoms with Crippen LogP contribution in [-0.2, 0) is 11.2 Å². The Morgan fingerprint density at radius 1 is 1.10 bits per heavy atom. The normalized spacial score (nSPS) is 22.3. The summed E-state index contributed by atoms with van der Waals surface area (Å²) in [5.41, 5.74) is 6.88. The van der Waals surface area contributed by atoms with E-state index in [2.05, 4.69) is 21.8 Å². The molecule has 0 radical (unpaired) electrons. The minimum atomic E-state index is 0.0770.